The molecule has 0 spiro atoms. The zero-order chi connectivity index (χ0) is 17.3. The van der Waals surface area contributed by atoms with Gasteiger partial charge in [-0.1, -0.05) is 30.3 Å². The van der Waals surface area contributed by atoms with Crippen molar-refractivity contribution in [2.24, 2.45) is 0 Å². The fraction of sp³-hybridized carbons (Fsp3) is 0.100. The van der Waals surface area contributed by atoms with Crippen LogP contribution in [-0.4, -0.2) is 18.9 Å². The summed E-state index contributed by atoms with van der Waals surface area (Å²) in [5, 5.41) is 1.83. The Morgan fingerprint density at radius 3 is 2.46 bits per heavy atom. The SMILES string of the molecule is COC(=O)c1cc(-c2cc(C(C)=O)cc3ccccc23)ccc1F. The van der Waals surface area contributed by atoms with Crippen molar-refractivity contribution in [1.82, 2.24) is 0 Å². The summed E-state index contributed by atoms with van der Waals surface area (Å²) in [6.45, 7) is 1.50. The minimum absolute atomic E-state index is 0.0580. The van der Waals surface area contributed by atoms with Crippen LogP contribution in [0.5, 0.6) is 0 Å². The number of methoxy groups -OCH3 is 1. The first-order chi connectivity index (χ1) is 11.5. The third kappa shape index (κ3) is 2.78. The number of rotatable bonds is 3. The number of esters is 1. The number of Topliss-reactive ketones (excluding diaryl/α,β-unsaturated/α-hetero) is 1. The van der Waals surface area contributed by atoms with Crippen LogP contribution in [0.4, 0.5) is 4.39 Å². The molecule has 0 aliphatic rings. The summed E-state index contributed by atoms with van der Waals surface area (Å²) in [6, 6.07) is 15.5. The minimum atomic E-state index is -0.735. The van der Waals surface area contributed by atoms with Crippen molar-refractivity contribution < 1.29 is 18.7 Å². The maximum Gasteiger partial charge on any atom is 0.340 e. The second kappa shape index (κ2) is 6.24. The predicted octanol–water partition coefficient (Wildman–Crippen LogP) is 4.64. The first-order valence-corrected chi connectivity index (χ1v) is 7.43. The third-order valence-electron chi connectivity index (χ3n) is 3.95. The van der Waals surface area contributed by atoms with Gasteiger partial charge in [0, 0.05) is 5.56 Å². The number of fused-ring (bicyclic) bond motifs is 1. The Balaban J connectivity index is 2.29. The minimum Gasteiger partial charge on any atom is -0.465 e. The Morgan fingerprint density at radius 2 is 1.75 bits per heavy atom. The average Bonchev–Trinajstić information content (AvgIpc) is 2.60. The van der Waals surface area contributed by atoms with Crippen LogP contribution in [0.3, 0.4) is 0 Å². The standard InChI is InChI=1S/C20H15FO3/c1-12(22)15-9-13-5-3-4-6-16(13)17(11-15)14-7-8-19(21)18(10-14)20(23)24-2/h3-11H,1-2H3. The average molecular weight is 322 g/mol. The van der Waals surface area contributed by atoms with Crippen LogP contribution in [0.15, 0.2) is 54.6 Å². The molecule has 0 saturated heterocycles. The Bertz CT molecular complexity index is 960. The van der Waals surface area contributed by atoms with Gasteiger partial charge in [0.25, 0.3) is 0 Å². The molecular formula is C20H15FO3. The lowest BCUT2D eigenvalue weighted by Gasteiger charge is -2.11. The number of hydrogen-bond donors (Lipinski definition) is 0. The number of ether oxygens (including phenoxy) is 1. The Hall–Kier alpha value is -3.01. The van der Waals surface area contributed by atoms with Crippen LogP contribution < -0.4 is 0 Å². The van der Waals surface area contributed by atoms with Gasteiger partial charge in [0.1, 0.15) is 5.82 Å². The summed E-state index contributed by atoms with van der Waals surface area (Å²) in [7, 11) is 1.21. The zero-order valence-electron chi connectivity index (χ0n) is 13.3. The van der Waals surface area contributed by atoms with Gasteiger partial charge in [0.15, 0.2) is 5.78 Å². The molecule has 120 valence electrons. The van der Waals surface area contributed by atoms with Gasteiger partial charge < -0.3 is 4.74 Å². The molecule has 24 heavy (non-hydrogen) atoms. The first kappa shape index (κ1) is 15.9. The molecule has 0 saturated carbocycles. The number of ketones is 1. The van der Waals surface area contributed by atoms with Crippen LogP contribution in [0.2, 0.25) is 0 Å². The van der Waals surface area contributed by atoms with Crippen LogP contribution in [-0.2, 0) is 4.74 Å². The van der Waals surface area contributed by atoms with Crippen molar-refractivity contribution in [3.05, 3.63) is 71.5 Å². The molecular weight excluding hydrogens is 307 g/mol. The van der Waals surface area contributed by atoms with Crippen molar-refractivity contribution in [2.45, 2.75) is 6.92 Å². The van der Waals surface area contributed by atoms with Gasteiger partial charge in [-0.3, -0.25) is 4.79 Å². The van der Waals surface area contributed by atoms with E-state index in [0.717, 1.165) is 16.3 Å². The topological polar surface area (TPSA) is 43.4 Å². The normalized spacial score (nSPS) is 10.6. The lowest BCUT2D eigenvalue weighted by Crippen LogP contribution is -2.04. The molecule has 0 radical (unpaired) electrons. The van der Waals surface area contributed by atoms with Gasteiger partial charge in [0.05, 0.1) is 12.7 Å². The Kier molecular flexibility index (Phi) is 4.13. The van der Waals surface area contributed by atoms with Crippen molar-refractivity contribution in [3.63, 3.8) is 0 Å². The predicted molar refractivity (Wildman–Crippen MR) is 90.7 cm³/mol. The van der Waals surface area contributed by atoms with Crippen molar-refractivity contribution in [3.8, 4) is 11.1 Å². The number of benzene rings is 3. The quantitative estimate of drug-likeness (QED) is 0.521. The maximum absolute atomic E-state index is 13.9. The van der Waals surface area contributed by atoms with E-state index < -0.39 is 11.8 Å². The first-order valence-electron chi connectivity index (χ1n) is 7.43. The van der Waals surface area contributed by atoms with E-state index in [0.29, 0.717) is 11.1 Å². The van der Waals surface area contributed by atoms with Crippen LogP contribution in [0.1, 0.15) is 27.6 Å². The summed E-state index contributed by atoms with van der Waals surface area (Å²) in [4.78, 5) is 23.6. The van der Waals surface area contributed by atoms with Crippen molar-refractivity contribution >= 4 is 22.5 Å². The van der Waals surface area contributed by atoms with Crippen molar-refractivity contribution in [2.75, 3.05) is 7.11 Å². The largest absolute Gasteiger partial charge is 0.465 e. The maximum atomic E-state index is 13.9. The molecule has 0 fully saturated rings. The molecule has 0 amide bonds. The van der Waals surface area contributed by atoms with Crippen LogP contribution >= 0.6 is 0 Å². The van der Waals surface area contributed by atoms with Gasteiger partial charge in [0.2, 0.25) is 0 Å². The molecule has 0 aliphatic heterocycles. The summed E-state index contributed by atoms with van der Waals surface area (Å²) < 4.78 is 18.5. The highest BCUT2D eigenvalue weighted by molar-refractivity contribution is 6.05. The number of carbonyl (C=O) groups is 2. The molecule has 4 heteroatoms. The second-order valence-electron chi connectivity index (χ2n) is 5.49. The van der Waals surface area contributed by atoms with E-state index in [-0.39, 0.29) is 11.3 Å². The molecule has 0 aromatic heterocycles. The summed E-state index contributed by atoms with van der Waals surface area (Å²) in [5.74, 6) is -1.43. The molecule has 0 N–H and O–H groups in total. The summed E-state index contributed by atoms with van der Waals surface area (Å²) in [5.41, 5.74) is 1.85. The second-order valence-corrected chi connectivity index (χ2v) is 5.49. The number of halogens is 1. The van der Waals surface area contributed by atoms with E-state index in [2.05, 4.69) is 4.74 Å². The van der Waals surface area contributed by atoms with Crippen LogP contribution in [0.25, 0.3) is 21.9 Å². The molecule has 3 aromatic rings. The van der Waals surface area contributed by atoms with E-state index >= 15 is 0 Å². The molecule has 0 bridgehead atoms. The van der Waals surface area contributed by atoms with Gasteiger partial charge >= 0.3 is 5.97 Å². The van der Waals surface area contributed by atoms with Gasteiger partial charge in [-0.25, -0.2) is 9.18 Å². The van der Waals surface area contributed by atoms with Crippen LogP contribution in [0, 0.1) is 5.82 Å². The fourth-order valence-electron chi connectivity index (χ4n) is 2.71. The molecule has 3 nitrogen and oxygen atoms in total. The fourth-order valence-corrected chi connectivity index (χ4v) is 2.71. The molecule has 0 heterocycles. The highest BCUT2D eigenvalue weighted by Crippen LogP contribution is 2.31. The molecule has 0 aliphatic carbocycles. The van der Waals surface area contributed by atoms with Gasteiger partial charge in [-0.05, 0) is 53.1 Å². The monoisotopic (exact) mass is 322 g/mol. The lowest BCUT2D eigenvalue weighted by molar-refractivity contribution is 0.0595. The van der Waals surface area contributed by atoms with Crippen molar-refractivity contribution in [1.29, 1.82) is 0 Å². The zero-order valence-corrected chi connectivity index (χ0v) is 13.3. The Labute approximate surface area is 138 Å². The van der Waals surface area contributed by atoms with Gasteiger partial charge in [-0.15, -0.1) is 0 Å². The summed E-state index contributed by atoms with van der Waals surface area (Å²) in [6.07, 6.45) is 0. The molecule has 3 aromatic carbocycles. The van der Waals surface area contributed by atoms with Gasteiger partial charge in [-0.2, -0.15) is 0 Å². The molecule has 0 atom stereocenters. The Morgan fingerprint density at radius 1 is 1.00 bits per heavy atom. The number of hydrogen-bond acceptors (Lipinski definition) is 3. The highest BCUT2D eigenvalue weighted by Gasteiger charge is 2.15. The van der Waals surface area contributed by atoms with E-state index in [1.54, 1.807) is 12.1 Å². The molecule has 0 unspecified atom stereocenters. The van der Waals surface area contributed by atoms with E-state index in [9.17, 15) is 14.0 Å². The number of carbonyl (C=O) groups excluding carboxylic acids is 2. The third-order valence-corrected chi connectivity index (χ3v) is 3.95. The molecule has 3 rings (SSSR count). The van der Waals surface area contributed by atoms with E-state index in [1.165, 1.54) is 26.2 Å². The lowest BCUT2D eigenvalue weighted by atomic mass is 9.93. The smallest absolute Gasteiger partial charge is 0.340 e. The highest BCUT2D eigenvalue weighted by atomic mass is 19.1. The summed E-state index contributed by atoms with van der Waals surface area (Å²) >= 11 is 0. The van der Waals surface area contributed by atoms with E-state index in [4.69, 9.17) is 0 Å². The van der Waals surface area contributed by atoms with E-state index in [1.807, 2.05) is 30.3 Å².